The zero-order valence-corrected chi connectivity index (χ0v) is 18.6. The Kier molecular flexibility index (Phi) is 6.36. The van der Waals surface area contributed by atoms with Crippen LogP contribution in [0.4, 0.5) is 5.69 Å². The van der Waals surface area contributed by atoms with Crippen LogP contribution in [0.5, 0.6) is 0 Å². The van der Waals surface area contributed by atoms with Gasteiger partial charge >= 0.3 is 0 Å². The summed E-state index contributed by atoms with van der Waals surface area (Å²) in [6.45, 7) is 0.579. The molecular weight excluding hydrogens is 442 g/mol. The number of aliphatic imine (C=N–C) groups is 1. The van der Waals surface area contributed by atoms with Gasteiger partial charge in [-0.1, -0.05) is 47.6 Å². The third-order valence-corrected chi connectivity index (χ3v) is 8.43. The van der Waals surface area contributed by atoms with Crippen LogP contribution in [-0.2, 0) is 27.5 Å². The molecule has 2 heterocycles. The lowest BCUT2D eigenvalue weighted by Gasteiger charge is -2.09. The van der Waals surface area contributed by atoms with Crippen LogP contribution in [0, 0.1) is 0 Å². The first-order valence-electron chi connectivity index (χ1n) is 9.68. The average molecular weight is 464 g/mol. The molecule has 0 unspecified atom stereocenters. The lowest BCUT2D eigenvalue weighted by atomic mass is 10.1. The molecule has 9 heteroatoms. The molecule has 30 heavy (non-hydrogen) atoms. The Balaban J connectivity index is 1.23. The monoisotopic (exact) mass is 463 g/mol. The van der Waals surface area contributed by atoms with E-state index in [9.17, 15) is 13.2 Å². The van der Waals surface area contributed by atoms with E-state index in [2.05, 4.69) is 15.6 Å². The summed E-state index contributed by atoms with van der Waals surface area (Å²) in [5, 5.41) is 7.66. The molecule has 0 saturated carbocycles. The number of nitrogens with one attached hydrogen (secondary N) is 2. The number of thioether (sulfide) groups is 1. The van der Waals surface area contributed by atoms with Gasteiger partial charge in [0.15, 0.2) is 15.0 Å². The number of hydrogen-bond donors (Lipinski definition) is 2. The van der Waals surface area contributed by atoms with Gasteiger partial charge < -0.3 is 10.6 Å². The van der Waals surface area contributed by atoms with Crippen molar-refractivity contribution >= 4 is 50.0 Å². The first kappa shape index (κ1) is 21.2. The maximum absolute atomic E-state index is 12.2. The van der Waals surface area contributed by atoms with Gasteiger partial charge in [0.25, 0.3) is 0 Å². The summed E-state index contributed by atoms with van der Waals surface area (Å²) in [6, 6.07) is 15.1. The fourth-order valence-electron chi connectivity index (χ4n) is 3.49. The van der Waals surface area contributed by atoms with Gasteiger partial charge in [0.1, 0.15) is 0 Å². The van der Waals surface area contributed by atoms with Crippen LogP contribution in [0.3, 0.4) is 0 Å². The van der Waals surface area contributed by atoms with E-state index in [1.807, 2.05) is 48.5 Å². The Morgan fingerprint density at radius 2 is 1.77 bits per heavy atom. The Hall–Kier alpha value is -2.03. The molecule has 158 valence electrons. The molecule has 0 aliphatic carbocycles. The zero-order valence-electron chi connectivity index (χ0n) is 16.2. The van der Waals surface area contributed by atoms with Crippen LogP contribution in [0.2, 0.25) is 5.02 Å². The van der Waals surface area contributed by atoms with Crippen LogP contribution in [0.15, 0.2) is 53.5 Å². The van der Waals surface area contributed by atoms with Gasteiger partial charge in [-0.05, 0) is 41.8 Å². The number of nitrogens with zero attached hydrogens (tertiary/aromatic N) is 1. The van der Waals surface area contributed by atoms with E-state index in [1.54, 1.807) is 0 Å². The van der Waals surface area contributed by atoms with Crippen molar-refractivity contribution in [1.29, 1.82) is 0 Å². The molecule has 0 bridgehead atoms. The first-order valence-corrected chi connectivity index (χ1v) is 12.8. The second-order valence-corrected chi connectivity index (χ2v) is 11.3. The Labute approximate surface area is 185 Å². The zero-order chi connectivity index (χ0) is 21.1. The lowest BCUT2D eigenvalue weighted by molar-refractivity contribution is -0.120. The van der Waals surface area contributed by atoms with Gasteiger partial charge in [0, 0.05) is 22.5 Å². The predicted molar refractivity (Wildman–Crippen MR) is 123 cm³/mol. The summed E-state index contributed by atoms with van der Waals surface area (Å²) in [6.07, 6.45) is 1.08. The minimum absolute atomic E-state index is 0.0190. The van der Waals surface area contributed by atoms with E-state index in [-0.39, 0.29) is 28.7 Å². The fraction of sp³-hybridized carbons (Fsp3) is 0.333. The Morgan fingerprint density at radius 3 is 2.47 bits per heavy atom. The Morgan fingerprint density at radius 1 is 1.07 bits per heavy atom. The van der Waals surface area contributed by atoms with E-state index in [4.69, 9.17) is 11.6 Å². The van der Waals surface area contributed by atoms with Crippen molar-refractivity contribution < 1.29 is 13.2 Å². The summed E-state index contributed by atoms with van der Waals surface area (Å²) in [5.74, 6) is 0.319. The van der Waals surface area contributed by atoms with E-state index in [0.717, 1.165) is 28.4 Å². The molecule has 1 fully saturated rings. The number of rotatable bonds is 6. The second-order valence-electron chi connectivity index (χ2n) is 7.46. The molecule has 2 atom stereocenters. The highest BCUT2D eigenvalue weighted by Crippen LogP contribution is 2.34. The van der Waals surface area contributed by atoms with E-state index < -0.39 is 9.84 Å². The molecule has 2 aliphatic rings. The van der Waals surface area contributed by atoms with Crippen LogP contribution in [0.25, 0.3) is 0 Å². The minimum atomic E-state index is -2.94. The molecule has 0 aromatic heterocycles. The third-order valence-electron chi connectivity index (χ3n) is 5.04. The van der Waals surface area contributed by atoms with Crippen LogP contribution >= 0.6 is 23.4 Å². The molecule has 2 N–H and O–H groups in total. The lowest BCUT2D eigenvalue weighted by Crippen LogP contribution is -2.27. The molecule has 1 saturated heterocycles. The van der Waals surface area contributed by atoms with E-state index in [1.165, 1.54) is 11.8 Å². The number of amides is 1. The summed E-state index contributed by atoms with van der Waals surface area (Å²) in [5.41, 5.74) is 2.93. The summed E-state index contributed by atoms with van der Waals surface area (Å²) in [7, 11) is -2.94. The van der Waals surface area contributed by atoms with Crippen molar-refractivity contribution in [1.82, 2.24) is 5.32 Å². The molecule has 2 aromatic rings. The molecule has 6 nitrogen and oxygen atoms in total. The highest BCUT2D eigenvalue weighted by Gasteiger charge is 2.42. The largest absolute Gasteiger partial charge is 0.355 e. The summed E-state index contributed by atoms with van der Waals surface area (Å²) >= 11 is 7.36. The molecule has 0 radical (unpaired) electrons. The van der Waals surface area contributed by atoms with Crippen molar-refractivity contribution in [2.45, 2.75) is 24.1 Å². The number of halogens is 1. The van der Waals surface area contributed by atoms with Crippen LogP contribution < -0.4 is 10.6 Å². The van der Waals surface area contributed by atoms with Crippen molar-refractivity contribution in [3.63, 3.8) is 0 Å². The normalized spacial score (nSPS) is 21.7. The SMILES string of the molecule is O=C(Cc1ccc(NC2=N[C@@H]3CS(=O)(=O)C[C@H]3S2)cc1)NCCc1ccc(Cl)cc1. The number of anilines is 1. The number of benzene rings is 2. The fourth-order valence-corrected chi connectivity index (χ4v) is 7.29. The van der Waals surface area contributed by atoms with Crippen molar-refractivity contribution in [2.75, 3.05) is 23.4 Å². The second kappa shape index (κ2) is 8.99. The summed E-state index contributed by atoms with van der Waals surface area (Å²) < 4.78 is 23.3. The van der Waals surface area contributed by atoms with Gasteiger partial charge in [-0.3, -0.25) is 9.79 Å². The topological polar surface area (TPSA) is 87.6 Å². The quantitative estimate of drug-likeness (QED) is 0.687. The molecule has 0 spiro atoms. The predicted octanol–water partition coefficient (Wildman–Crippen LogP) is 2.92. The van der Waals surface area contributed by atoms with Crippen LogP contribution in [0.1, 0.15) is 11.1 Å². The molecule has 2 aromatic carbocycles. The van der Waals surface area contributed by atoms with E-state index >= 15 is 0 Å². The standard InChI is InChI=1S/C21H22ClN3O3S2/c22-16-5-1-14(2-6-16)9-10-23-20(26)11-15-3-7-17(8-4-15)24-21-25-18-12-30(27,28)13-19(18)29-21/h1-8,18-19H,9-13H2,(H,23,26)(H,24,25)/t18-,19-/m1/s1. The molecule has 2 aliphatic heterocycles. The highest BCUT2D eigenvalue weighted by atomic mass is 35.5. The molecule has 1 amide bonds. The van der Waals surface area contributed by atoms with Gasteiger partial charge in [0.2, 0.25) is 5.91 Å². The number of carbonyl (C=O) groups excluding carboxylic acids is 1. The molecular formula is C21H22ClN3O3S2. The maximum Gasteiger partial charge on any atom is 0.224 e. The minimum Gasteiger partial charge on any atom is -0.355 e. The maximum atomic E-state index is 12.2. The average Bonchev–Trinajstić information content (AvgIpc) is 3.17. The highest BCUT2D eigenvalue weighted by molar-refractivity contribution is 8.15. The third kappa shape index (κ3) is 5.56. The van der Waals surface area contributed by atoms with Gasteiger partial charge in [0.05, 0.1) is 24.0 Å². The number of carbonyl (C=O) groups is 1. The smallest absolute Gasteiger partial charge is 0.224 e. The van der Waals surface area contributed by atoms with Crippen molar-refractivity contribution in [3.8, 4) is 0 Å². The van der Waals surface area contributed by atoms with Gasteiger partial charge in [-0.15, -0.1) is 0 Å². The number of hydrogen-bond acceptors (Lipinski definition) is 6. The van der Waals surface area contributed by atoms with Gasteiger partial charge in [-0.25, -0.2) is 8.42 Å². The Bertz CT molecular complexity index is 1050. The van der Waals surface area contributed by atoms with E-state index in [0.29, 0.717) is 18.0 Å². The number of amidine groups is 1. The number of fused-ring (bicyclic) bond motifs is 1. The van der Waals surface area contributed by atoms with Crippen molar-refractivity contribution in [2.24, 2.45) is 4.99 Å². The van der Waals surface area contributed by atoms with Gasteiger partial charge in [-0.2, -0.15) is 0 Å². The molecule has 4 rings (SSSR count). The number of sulfone groups is 1. The first-order chi connectivity index (χ1) is 14.4. The van der Waals surface area contributed by atoms with Crippen LogP contribution in [-0.4, -0.2) is 48.8 Å². The summed E-state index contributed by atoms with van der Waals surface area (Å²) in [4.78, 5) is 16.7. The van der Waals surface area contributed by atoms with Crippen molar-refractivity contribution in [3.05, 3.63) is 64.7 Å².